The van der Waals surface area contributed by atoms with Crippen molar-refractivity contribution in [1.82, 2.24) is 4.98 Å². The Morgan fingerprint density at radius 1 is 1.40 bits per heavy atom. The lowest BCUT2D eigenvalue weighted by Gasteiger charge is -2.04. The summed E-state index contributed by atoms with van der Waals surface area (Å²) in [6, 6.07) is 6.08. The molecule has 0 amide bonds. The van der Waals surface area contributed by atoms with Crippen molar-refractivity contribution in [3.8, 4) is 0 Å². The van der Waals surface area contributed by atoms with E-state index in [9.17, 15) is 0 Å². The van der Waals surface area contributed by atoms with Crippen molar-refractivity contribution in [3.05, 3.63) is 44.7 Å². The molecule has 0 saturated heterocycles. The first-order valence-corrected chi connectivity index (χ1v) is 6.31. The van der Waals surface area contributed by atoms with Gasteiger partial charge in [0.2, 0.25) is 0 Å². The maximum absolute atomic E-state index is 4.25. The van der Waals surface area contributed by atoms with Crippen LogP contribution in [0.5, 0.6) is 0 Å². The van der Waals surface area contributed by atoms with Crippen molar-refractivity contribution < 1.29 is 0 Å². The van der Waals surface area contributed by atoms with Crippen LogP contribution in [0.15, 0.2) is 34.2 Å². The van der Waals surface area contributed by atoms with Gasteiger partial charge < -0.3 is 5.32 Å². The zero-order valence-corrected chi connectivity index (χ0v) is 10.7. The number of pyridine rings is 1. The van der Waals surface area contributed by atoms with E-state index in [0.29, 0.717) is 0 Å². The first-order valence-electron chi connectivity index (χ1n) is 4.64. The highest BCUT2D eigenvalue weighted by Gasteiger charge is 1.99. The lowest BCUT2D eigenvalue weighted by Crippen LogP contribution is -2.00. The molecule has 0 unspecified atom stereocenters. The molecule has 2 rings (SSSR count). The fourth-order valence-corrected chi connectivity index (χ4v) is 2.32. The number of hydrogen-bond donors (Lipinski definition) is 1. The van der Waals surface area contributed by atoms with E-state index in [1.54, 1.807) is 17.5 Å². The summed E-state index contributed by atoms with van der Waals surface area (Å²) in [6.07, 6.45) is 1.80. The van der Waals surface area contributed by atoms with Crippen LogP contribution in [-0.4, -0.2) is 4.98 Å². The third kappa shape index (κ3) is 2.79. The fraction of sp³-hybridized carbons (Fsp3) is 0.182. The monoisotopic (exact) mass is 282 g/mol. The van der Waals surface area contributed by atoms with Gasteiger partial charge >= 0.3 is 0 Å². The predicted octanol–water partition coefficient (Wildman–Crippen LogP) is 3.83. The van der Waals surface area contributed by atoms with E-state index in [1.807, 2.05) is 12.1 Å². The molecule has 0 aromatic carbocycles. The number of aromatic nitrogens is 1. The Balaban J connectivity index is 1.99. The first kappa shape index (κ1) is 10.6. The SMILES string of the molecule is Cc1ccsc1CNc1ccc(Br)cn1. The first-order chi connectivity index (χ1) is 7.25. The van der Waals surface area contributed by atoms with Crippen LogP contribution in [-0.2, 0) is 6.54 Å². The molecule has 1 N–H and O–H groups in total. The standard InChI is InChI=1S/C11H11BrN2S/c1-8-4-5-15-10(8)7-14-11-3-2-9(12)6-13-11/h2-6H,7H2,1H3,(H,13,14). The number of nitrogens with zero attached hydrogens (tertiary/aromatic N) is 1. The second-order valence-electron chi connectivity index (χ2n) is 3.24. The van der Waals surface area contributed by atoms with Crippen LogP contribution < -0.4 is 5.32 Å². The minimum absolute atomic E-state index is 0.845. The molecule has 2 aromatic heterocycles. The Bertz CT molecular complexity index is 436. The number of anilines is 1. The molecule has 0 spiro atoms. The van der Waals surface area contributed by atoms with Crippen molar-refractivity contribution in [3.63, 3.8) is 0 Å². The molecule has 0 bridgehead atoms. The molecule has 0 radical (unpaired) electrons. The number of hydrogen-bond acceptors (Lipinski definition) is 3. The Kier molecular flexibility index (Phi) is 3.38. The molecule has 0 aliphatic heterocycles. The van der Waals surface area contributed by atoms with Gasteiger partial charge in [0.1, 0.15) is 5.82 Å². The van der Waals surface area contributed by atoms with Gasteiger partial charge in [-0.1, -0.05) is 0 Å². The summed E-state index contributed by atoms with van der Waals surface area (Å²) in [5, 5.41) is 5.41. The van der Waals surface area contributed by atoms with Crippen LogP contribution in [0, 0.1) is 6.92 Å². The largest absolute Gasteiger partial charge is 0.365 e. The molecule has 78 valence electrons. The molecule has 2 heterocycles. The Labute approximate surface area is 101 Å². The second-order valence-corrected chi connectivity index (χ2v) is 5.16. The van der Waals surface area contributed by atoms with Crippen molar-refractivity contribution in [2.75, 3.05) is 5.32 Å². The van der Waals surface area contributed by atoms with Gasteiger partial charge in [0.25, 0.3) is 0 Å². The van der Waals surface area contributed by atoms with Crippen molar-refractivity contribution in [2.45, 2.75) is 13.5 Å². The maximum Gasteiger partial charge on any atom is 0.126 e. The fourth-order valence-electron chi connectivity index (χ4n) is 1.24. The smallest absolute Gasteiger partial charge is 0.126 e. The van der Waals surface area contributed by atoms with Crippen LogP contribution >= 0.6 is 27.3 Å². The summed E-state index contributed by atoms with van der Waals surface area (Å²) < 4.78 is 1.00. The van der Waals surface area contributed by atoms with Crippen LogP contribution in [0.25, 0.3) is 0 Å². The minimum Gasteiger partial charge on any atom is -0.365 e. The Hall–Kier alpha value is -0.870. The zero-order valence-electron chi connectivity index (χ0n) is 8.33. The highest BCUT2D eigenvalue weighted by Crippen LogP contribution is 2.17. The van der Waals surface area contributed by atoms with Crippen molar-refractivity contribution in [2.24, 2.45) is 0 Å². The predicted molar refractivity (Wildman–Crippen MR) is 68.3 cm³/mol. The molecular weight excluding hydrogens is 272 g/mol. The van der Waals surface area contributed by atoms with Gasteiger partial charge in [0.15, 0.2) is 0 Å². The number of halogens is 1. The van der Waals surface area contributed by atoms with E-state index in [4.69, 9.17) is 0 Å². The summed E-state index contributed by atoms with van der Waals surface area (Å²) in [5.41, 5.74) is 1.34. The number of rotatable bonds is 3. The second kappa shape index (κ2) is 4.77. The molecule has 0 saturated carbocycles. The third-order valence-electron chi connectivity index (χ3n) is 2.13. The van der Waals surface area contributed by atoms with Crippen LogP contribution in [0.1, 0.15) is 10.4 Å². The van der Waals surface area contributed by atoms with Gasteiger partial charge in [-0.25, -0.2) is 4.98 Å². The van der Waals surface area contributed by atoms with Gasteiger partial charge in [-0.05, 0) is 52.0 Å². The quantitative estimate of drug-likeness (QED) is 0.926. The number of aryl methyl sites for hydroxylation is 1. The Morgan fingerprint density at radius 2 is 2.27 bits per heavy atom. The average Bonchev–Trinajstić information content (AvgIpc) is 2.63. The molecule has 0 atom stereocenters. The van der Waals surface area contributed by atoms with Gasteiger partial charge in [0.05, 0.1) is 6.54 Å². The summed E-state index contributed by atoms with van der Waals surface area (Å²) in [5.74, 6) is 0.908. The van der Waals surface area contributed by atoms with Crippen LogP contribution in [0.3, 0.4) is 0 Å². The van der Waals surface area contributed by atoms with Crippen LogP contribution in [0.2, 0.25) is 0 Å². The highest BCUT2D eigenvalue weighted by molar-refractivity contribution is 9.10. The molecule has 0 aliphatic carbocycles. The summed E-state index contributed by atoms with van der Waals surface area (Å²) in [7, 11) is 0. The van der Waals surface area contributed by atoms with Crippen molar-refractivity contribution in [1.29, 1.82) is 0 Å². The summed E-state index contributed by atoms with van der Waals surface area (Å²) in [4.78, 5) is 5.61. The average molecular weight is 283 g/mol. The van der Waals surface area contributed by atoms with Crippen molar-refractivity contribution >= 4 is 33.1 Å². The van der Waals surface area contributed by atoms with Gasteiger partial charge in [-0.3, -0.25) is 0 Å². The molecule has 15 heavy (non-hydrogen) atoms. The van der Waals surface area contributed by atoms with E-state index < -0.39 is 0 Å². The van der Waals surface area contributed by atoms with Gasteiger partial charge in [-0.2, -0.15) is 0 Å². The summed E-state index contributed by atoms with van der Waals surface area (Å²) >= 11 is 5.13. The van der Waals surface area contributed by atoms with Gasteiger partial charge in [0, 0.05) is 15.5 Å². The normalized spacial score (nSPS) is 10.3. The van der Waals surface area contributed by atoms with Gasteiger partial charge in [-0.15, -0.1) is 11.3 Å². The minimum atomic E-state index is 0.845. The highest BCUT2D eigenvalue weighted by atomic mass is 79.9. The lowest BCUT2D eigenvalue weighted by atomic mass is 10.3. The zero-order chi connectivity index (χ0) is 10.7. The molecule has 2 aromatic rings. The summed E-state index contributed by atoms with van der Waals surface area (Å²) in [6.45, 7) is 2.97. The molecule has 4 heteroatoms. The lowest BCUT2D eigenvalue weighted by molar-refractivity contribution is 1.12. The van der Waals surface area contributed by atoms with E-state index >= 15 is 0 Å². The number of nitrogens with one attached hydrogen (secondary N) is 1. The van der Waals surface area contributed by atoms with E-state index in [1.165, 1.54) is 10.4 Å². The van der Waals surface area contributed by atoms with Crippen LogP contribution in [0.4, 0.5) is 5.82 Å². The molecule has 0 aliphatic rings. The maximum atomic E-state index is 4.25. The number of thiophene rings is 1. The molecule has 0 fully saturated rings. The third-order valence-corrected chi connectivity index (χ3v) is 3.62. The van der Waals surface area contributed by atoms with E-state index in [-0.39, 0.29) is 0 Å². The molecular formula is C11H11BrN2S. The van der Waals surface area contributed by atoms with E-state index in [2.05, 4.69) is 44.6 Å². The Morgan fingerprint density at radius 3 is 2.87 bits per heavy atom. The molecule has 2 nitrogen and oxygen atoms in total. The van der Waals surface area contributed by atoms with E-state index in [0.717, 1.165) is 16.8 Å². The topological polar surface area (TPSA) is 24.9 Å².